The van der Waals surface area contributed by atoms with Gasteiger partial charge in [0.25, 0.3) is 0 Å². The lowest BCUT2D eigenvalue weighted by atomic mass is 9.97. The highest BCUT2D eigenvalue weighted by Gasteiger charge is 1.94. The number of benzene rings is 1. The van der Waals surface area contributed by atoms with Crippen molar-refractivity contribution in [1.29, 1.82) is 0 Å². The maximum absolute atomic E-state index is 8.91. The second-order valence-corrected chi connectivity index (χ2v) is 2.36. The molecule has 1 N–H and O–H groups in total. The molecule has 0 heterocycles. The van der Waals surface area contributed by atoms with Gasteiger partial charge in [0.15, 0.2) is 0 Å². The van der Waals surface area contributed by atoms with Gasteiger partial charge in [-0.1, -0.05) is 23.1 Å². The van der Waals surface area contributed by atoms with E-state index in [0.717, 1.165) is 5.46 Å². The summed E-state index contributed by atoms with van der Waals surface area (Å²) in [6, 6.07) is 5.11. The predicted molar refractivity (Wildman–Crippen MR) is 41.3 cm³/mol. The van der Waals surface area contributed by atoms with Crippen LogP contribution in [-0.4, -0.2) is 13.0 Å². The molecule has 0 aliphatic rings. The first-order chi connectivity index (χ1) is 4.20. The molecule has 3 heteroatoms. The largest absolute Gasteiger partial charge is 0.506 e. The third kappa shape index (κ3) is 1.39. The second kappa shape index (κ2) is 2.32. The standard InChI is InChI=1S/C6H6BClO/c7-4-1-2-6(9)5(8)3-4/h1-3,9H,7H2. The van der Waals surface area contributed by atoms with Crippen LogP contribution in [0.3, 0.4) is 0 Å². The van der Waals surface area contributed by atoms with E-state index in [1.54, 1.807) is 18.2 Å². The van der Waals surface area contributed by atoms with Crippen molar-refractivity contribution in [1.82, 2.24) is 0 Å². The number of hydrogen-bond acceptors (Lipinski definition) is 1. The zero-order chi connectivity index (χ0) is 6.85. The Hall–Kier alpha value is -0.625. The molecule has 0 bridgehead atoms. The average molecular weight is 140 g/mol. The van der Waals surface area contributed by atoms with Crippen molar-refractivity contribution in [2.45, 2.75) is 0 Å². The third-order valence-corrected chi connectivity index (χ3v) is 1.41. The van der Waals surface area contributed by atoms with Crippen LogP contribution in [0.5, 0.6) is 5.75 Å². The Morgan fingerprint density at radius 1 is 1.44 bits per heavy atom. The number of phenolic OH excluding ortho intramolecular Hbond substituents is 1. The van der Waals surface area contributed by atoms with Crippen LogP contribution in [0, 0.1) is 0 Å². The third-order valence-electron chi connectivity index (χ3n) is 1.10. The molecule has 1 nitrogen and oxygen atoms in total. The van der Waals surface area contributed by atoms with Crippen molar-refractivity contribution in [2.24, 2.45) is 0 Å². The Morgan fingerprint density at radius 3 is 2.56 bits per heavy atom. The first-order valence-corrected chi connectivity index (χ1v) is 3.03. The number of aromatic hydroxyl groups is 1. The van der Waals surface area contributed by atoms with E-state index < -0.39 is 0 Å². The molecule has 0 aliphatic carbocycles. The fourth-order valence-corrected chi connectivity index (χ4v) is 0.847. The van der Waals surface area contributed by atoms with Crippen LogP contribution in [0.25, 0.3) is 0 Å². The lowest BCUT2D eigenvalue weighted by Crippen LogP contribution is -1.98. The number of halogens is 1. The highest BCUT2D eigenvalue weighted by molar-refractivity contribution is 6.36. The van der Waals surface area contributed by atoms with Gasteiger partial charge in [0, 0.05) is 0 Å². The van der Waals surface area contributed by atoms with Gasteiger partial charge in [-0.15, -0.1) is 0 Å². The molecule has 1 aromatic rings. The Kier molecular flexibility index (Phi) is 1.67. The summed E-state index contributed by atoms with van der Waals surface area (Å²) in [5.74, 6) is 0.141. The fraction of sp³-hybridized carbons (Fsp3) is 0. The van der Waals surface area contributed by atoms with Crippen LogP contribution in [0.2, 0.25) is 5.02 Å². The summed E-state index contributed by atoms with van der Waals surface area (Å²) in [7, 11) is 1.92. The molecule has 1 rings (SSSR count). The maximum atomic E-state index is 8.91. The topological polar surface area (TPSA) is 20.2 Å². The summed E-state index contributed by atoms with van der Waals surface area (Å²) in [6.07, 6.45) is 0. The van der Waals surface area contributed by atoms with E-state index >= 15 is 0 Å². The average Bonchev–Trinajstić information content (AvgIpc) is 1.80. The van der Waals surface area contributed by atoms with Crippen molar-refractivity contribution in [3.05, 3.63) is 23.2 Å². The molecule has 0 saturated carbocycles. The van der Waals surface area contributed by atoms with Crippen molar-refractivity contribution < 1.29 is 5.11 Å². The SMILES string of the molecule is Bc1ccc(O)c(Cl)c1. The Bertz CT molecular complexity index is 224. The minimum Gasteiger partial charge on any atom is -0.506 e. The zero-order valence-corrected chi connectivity index (χ0v) is 5.81. The van der Waals surface area contributed by atoms with E-state index in [1.807, 2.05) is 7.85 Å². The number of rotatable bonds is 0. The normalized spacial score (nSPS) is 9.44. The lowest BCUT2D eigenvalue weighted by molar-refractivity contribution is 0.476. The van der Waals surface area contributed by atoms with E-state index in [2.05, 4.69) is 0 Å². The monoisotopic (exact) mass is 140 g/mol. The van der Waals surface area contributed by atoms with Gasteiger partial charge in [-0.05, 0) is 12.1 Å². The quantitative estimate of drug-likeness (QED) is 0.514. The number of phenols is 1. The van der Waals surface area contributed by atoms with Gasteiger partial charge < -0.3 is 5.11 Å². The van der Waals surface area contributed by atoms with Gasteiger partial charge in [0.2, 0.25) is 0 Å². The van der Waals surface area contributed by atoms with Crippen molar-refractivity contribution in [2.75, 3.05) is 0 Å². The Balaban J connectivity index is 3.17. The molecule has 0 aliphatic heterocycles. The summed E-state index contributed by atoms with van der Waals surface area (Å²) in [5, 5.41) is 9.32. The molecule has 1 aromatic carbocycles. The molecule has 0 spiro atoms. The van der Waals surface area contributed by atoms with Gasteiger partial charge in [-0.3, -0.25) is 0 Å². The van der Waals surface area contributed by atoms with Gasteiger partial charge in [0.05, 0.1) is 5.02 Å². The van der Waals surface area contributed by atoms with Crippen LogP contribution < -0.4 is 5.46 Å². The molecular formula is C6H6BClO. The molecule has 0 atom stereocenters. The summed E-state index contributed by atoms with van der Waals surface area (Å²) in [4.78, 5) is 0. The minimum absolute atomic E-state index is 0.141. The Morgan fingerprint density at radius 2 is 2.11 bits per heavy atom. The molecule has 0 unspecified atom stereocenters. The molecule has 0 aromatic heterocycles. The highest BCUT2D eigenvalue weighted by atomic mass is 35.5. The molecule has 0 fully saturated rings. The molecule has 0 radical (unpaired) electrons. The first-order valence-electron chi connectivity index (χ1n) is 2.65. The first kappa shape index (κ1) is 6.49. The van der Waals surface area contributed by atoms with E-state index in [4.69, 9.17) is 16.7 Å². The minimum atomic E-state index is 0.141. The van der Waals surface area contributed by atoms with Crippen LogP contribution in [0.4, 0.5) is 0 Å². The second-order valence-electron chi connectivity index (χ2n) is 1.95. The van der Waals surface area contributed by atoms with E-state index in [-0.39, 0.29) is 5.75 Å². The zero-order valence-electron chi connectivity index (χ0n) is 5.06. The van der Waals surface area contributed by atoms with E-state index in [0.29, 0.717) is 5.02 Å². The lowest BCUT2D eigenvalue weighted by Gasteiger charge is -1.95. The summed E-state index contributed by atoms with van der Waals surface area (Å²) in [5.41, 5.74) is 1.05. The van der Waals surface area contributed by atoms with Gasteiger partial charge in [0.1, 0.15) is 13.6 Å². The van der Waals surface area contributed by atoms with Gasteiger partial charge in [-0.25, -0.2) is 0 Å². The highest BCUT2D eigenvalue weighted by Crippen LogP contribution is 2.19. The number of hydrogen-bond donors (Lipinski definition) is 1. The fourth-order valence-electron chi connectivity index (χ4n) is 0.612. The van der Waals surface area contributed by atoms with Gasteiger partial charge >= 0.3 is 0 Å². The molecule has 0 amide bonds. The maximum Gasteiger partial charge on any atom is 0.139 e. The van der Waals surface area contributed by atoms with Gasteiger partial charge in [-0.2, -0.15) is 0 Å². The van der Waals surface area contributed by atoms with E-state index in [1.165, 1.54) is 0 Å². The Labute approximate surface area is 59.7 Å². The molecule has 0 saturated heterocycles. The molecule has 9 heavy (non-hydrogen) atoms. The van der Waals surface area contributed by atoms with Crippen molar-refractivity contribution >= 4 is 24.9 Å². The van der Waals surface area contributed by atoms with Crippen LogP contribution in [0.1, 0.15) is 0 Å². The van der Waals surface area contributed by atoms with Crippen LogP contribution in [0.15, 0.2) is 18.2 Å². The van der Waals surface area contributed by atoms with Crippen LogP contribution in [-0.2, 0) is 0 Å². The van der Waals surface area contributed by atoms with E-state index in [9.17, 15) is 0 Å². The molecular weight excluding hydrogens is 134 g/mol. The predicted octanol–water partition coefficient (Wildman–Crippen LogP) is 0.304. The smallest absolute Gasteiger partial charge is 0.139 e. The summed E-state index contributed by atoms with van der Waals surface area (Å²) >= 11 is 5.56. The van der Waals surface area contributed by atoms with Crippen molar-refractivity contribution in [3.8, 4) is 5.75 Å². The van der Waals surface area contributed by atoms with Crippen LogP contribution >= 0.6 is 11.6 Å². The molecule has 46 valence electrons. The summed E-state index contributed by atoms with van der Waals surface area (Å²) < 4.78 is 0. The summed E-state index contributed by atoms with van der Waals surface area (Å²) in [6.45, 7) is 0. The van der Waals surface area contributed by atoms with Crippen molar-refractivity contribution in [3.63, 3.8) is 0 Å².